The van der Waals surface area contributed by atoms with Gasteiger partial charge in [-0.1, -0.05) is 35.3 Å². The monoisotopic (exact) mass is 445 g/mol. The number of fused-ring (bicyclic) bond motifs is 1. The van der Waals surface area contributed by atoms with Crippen molar-refractivity contribution in [2.45, 2.75) is 11.4 Å². The number of hydrogen-bond donors (Lipinski definition) is 2. The van der Waals surface area contributed by atoms with Gasteiger partial charge in [0, 0.05) is 33.7 Å². The van der Waals surface area contributed by atoms with Gasteiger partial charge in [0.05, 0.1) is 16.2 Å². The van der Waals surface area contributed by atoms with E-state index in [-0.39, 0.29) is 5.82 Å². The van der Waals surface area contributed by atoms with Gasteiger partial charge in [0.25, 0.3) is 0 Å². The van der Waals surface area contributed by atoms with Crippen molar-refractivity contribution < 1.29 is 4.39 Å². The first-order chi connectivity index (χ1) is 14.0. The predicted molar refractivity (Wildman–Crippen MR) is 122 cm³/mol. The second-order valence-electron chi connectivity index (χ2n) is 6.54. The van der Waals surface area contributed by atoms with E-state index < -0.39 is 0 Å². The molecule has 0 aliphatic heterocycles. The fraction of sp³-hybridized carbons (Fsp3) is 0.0909. The highest BCUT2D eigenvalue weighted by molar-refractivity contribution is 7.98. The summed E-state index contributed by atoms with van der Waals surface area (Å²) in [6.45, 7) is 0.760. The largest absolute Gasteiger partial charge is 0.354 e. The highest BCUT2D eigenvalue weighted by Crippen LogP contribution is 2.34. The van der Waals surface area contributed by atoms with Crippen LogP contribution in [0.5, 0.6) is 0 Å². The molecule has 0 radical (unpaired) electrons. The summed E-state index contributed by atoms with van der Waals surface area (Å²) < 4.78 is 15.5. The Morgan fingerprint density at radius 1 is 1.03 bits per heavy atom. The van der Waals surface area contributed by atoms with Crippen molar-refractivity contribution in [3.05, 3.63) is 88.3 Å². The normalized spacial score (nSPS) is 11.2. The van der Waals surface area contributed by atoms with Gasteiger partial charge in [-0.15, -0.1) is 0 Å². The minimum Gasteiger partial charge on any atom is -0.354 e. The van der Waals surface area contributed by atoms with E-state index in [1.54, 1.807) is 18.0 Å². The van der Waals surface area contributed by atoms with Gasteiger partial charge in [0.2, 0.25) is 0 Å². The fourth-order valence-electron chi connectivity index (χ4n) is 3.13. The van der Waals surface area contributed by atoms with E-state index in [0.29, 0.717) is 15.7 Å². The molecular weight excluding hydrogens is 428 g/mol. The molecular formula is C22H18Cl2FN3S. The third-order valence-corrected chi connectivity index (χ3v) is 5.94. The Labute approximate surface area is 183 Å². The Morgan fingerprint density at radius 3 is 2.66 bits per heavy atom. The molecule has 0 unspecified atom stereocenters. The molecule has 0 saturated heterocycles. The van der Waals surface area contributed by atoms with Crippen LogP contribution in [-0.2, 0) is 6.54 Å². The molecule has 0 atom stereocenters. The Morgan fingerprint density at radius 2 is 1.90 bits per heavy atom. The first-order valence-electron chi connectivity index (χ1n) is 8.98. The first kappa shape index (κ1) is 20.1. The number of anilines is 2. The highest BCUT2D eigenvalue weighted by atomic mass is 35.5. The molecule has 1 heterocycles. The van der Waals surface area contributed by atoms with E-state index >= 15 is 0 Å². The van der Waals surface area contributed by atoms with Crippen LogP contribution in [0, 0.1) is 5.82 Å². The minimum atomic E-state index is -0.362. The molecule has 0 fully saturated rings. The van der Waals surface area contributed by atoms with Crippen LogP contribution in [0.1, 0.15) is 5.56 Å². The standard InChI is InChI=1S/C22H18Cl2FN3S/c1-26-12-14-13-28(29-18-4-2-3-15(23)9-18)22-11-17(6-7-19(14)22)27-21-8-5-16(25)10-20(21)24/h2-11,13,26-27H,12H2,1H3. The molecule has 2 N–H and O–H groups in total. The summed E-state index contributed by atoms with van der Waals surface area (Å²) in [6, 6.07) is 18.2. The summed E-state index contributed by atoms with van der Waals surface area (Å²) in [7, 11) is 1.93. The summed E-state index contributed by atoms with van der Waals surface area (Å²) in [5.74, 6) is -0.362. The molecule has 148 valence electrons. The van der Waals surface area contributed by atoms with E-state index in [4.69, 9.17) is 23.2 Å². The van der Waals surface area contributed by atoms with Crippen LogP contribution in [0.2, 0.25) is 10.0 Å². The second-order valence-corrected chi connectivity index (χ2v) is 8.43. The maximum atomic E-state index is 13.3. The SMILES string of the molecule is CNCc1cn(Sc2cccc(Cl)c2)c2cc(Nc3ccc(F)cc3Cl)ccc12. The van der Waals surface area contributed by atoms with Crippen LogP contribution in [-0.4, -0.2) is 11.0 Å². The number of halogens is 3. The van der Waals surface area contributed by atoms with E-state index in [1.165, 1.54) is 17.7 Å². The molecule has 4 aromatic rings. The van der Waals surface area contributed by atoms with Crippen LogP contribution >= 0.6 is 35.1 Å². The van der Waals surface area contributed by atoms with Gasteiger partial charge in [0.15, 0.2) is 0 Å². The molecule has 0 aliphatic rings. The van der Waals surface area contributed by atoms with E-state index in [2.05, 4.69) is 32.9 Å². The van der Waals surface area contributed by atoms with Crippen molar-refractivity contribution in [3.8, 4) is 0 Å². The summed E-state index contributed by atoms with van der Waals surface area (Å²) in [5, 5.41) is 8.69. The lowest BCUT2D eigenvalue weighted by Crippen LogP contribution is -2.04. The second kappa shape index (κ2) is 8.67. The zero-order chi connectivity index (χ0) is 20.4. The zero-order valence-corrected chi connectivity index (χ0v) is 17.9. The third kappa shape index (κ3) is 4.54. The van der Waals surface area contributed by atoms with Crippen molar-refractivity contribution in [1.29, 1.82) is 0 Å². The topological polar surface area (TPSA) is 29.0 Å². The minimum absolute atomic E-state index is 0.338. The third-order valence-electron chi connectivity index (χ3n) is 4.43. The average molecular weight is 446 g/mol. The molecule has 0 aliphatic carbocycles. The molecule has 3 aromatic carbocycles. The first-order valence-corrected chi connectivity index (χ1v) is 10.5. The summed E-state index contributed by atoms with van der Waals surface area (Å²) in [5.41, 5.74) is 3.78. The van der Waals surface area contributed by atoms with Crippen molar-refractivity contribution in [2.75, 3.05) is 12.4 Å². The Balaban J connectivity index is 1.73. The van der Waals surface area contributed by atoms with Gasteiger partial charge in [-0.25, -0.2) is 4.39 Å². The van der Waals surface area contributed by atoms with Gasteiger partial charge >= 0.3 is 0 Å². The van der Waals surface area contributed by atoms with E-state index in [0.717, 1.165) is 28.0 Å². The number of nitrogens with zero attached hydrogens (tertiary/aromatic N) is 1. The molecule has 0 saturated carbocycles. The van der Waals surface area contributed by atoms with Gasteiger partial charge in [-0.3, -0.25) is 3.97 Å². The van der Waals surface area contributed by atoms with Gasteiger partial charge in [-0.05, 0) is 73.1 Å². The molecule has 0 amide bonds. The quantitative estimate of drug-likeness (QED) is 0.331. The average Bonchev–Trinajstić information content (AvgIpc) is 3.01. The van der Waals surface area contributed by atoms with Crippen molar-refractivity contribution >= 4 is 57.4 Å². The number of hydrogen-bond acceptors (Lipinski definition) is 3. The predicted octanol–water partition coefficient (Wildman–Crippen LogP) is 7.11. The lowest BCUT2D eigenvalue weighted by Gasteiger charge is -2.10. The molecule has 3 nitrogen and oxygen atoms in total. The zero-order valence-electron chi connectivity index (χ0n) is 15.5. The van der Waals surface area contributed by atoms with Gasteiger partial charge in [-0.2, -0.15) is 0 Å². The summed E-state index contributed by atoms with van der Waals surface area (Å²) in [6.07, 6.45) is 2.13. The van der Waals surface area contributed by atoms with Crippen LogP contribution in [0.4, 0.5) is 15.8 Å². The number of benzene rings is 3. The van der Waals surface area contributed by atoms with E-state index in [1.807, 2.05) is 37.4 Å². The lowest BCUT2D eigenvalue weighted by molar-refractivity contribution is 0.628. The van der Waals surface area contributed by atoms with Crippen molar-refractivity contribution in [1.82, 2.24) is 9.29 Å². The van der Waals surface area contributed by atoms with Gasteiger partial charge < -0.3 is 10.6 Å². The van der Waals surface area contributed by atoms with Crippen molar-refractivity contribution in [3.63, 3.8) is 0 Å². The number of nitrogens with one attached hydrogen (secondary N) is 2. The Bertz CT molecular complexity index is 1180. The highest BCUT2D eigenvalue weighted by Gasteiger charge is 2.11. The Hall–Kier alpha value is -2.18. The van der Waals surface area contributed by atoms with Crippen LogP contribution in [0.25, 0.3) is 10.9 Å². The maximum absolute atomic E-state index is 13.3. The maximum Gasteiger partial charge on any atom is 0.124 e. The van der Waals surface area contributed by atoms with Gasteiger partial charge in [0.1, 0.15) is 5.82 Å². The molecule has 4 rings (SSSR count). The van der Waals surface area contributed by atoms with Crippen LogP contribution in [0.3, 0.4) is 0 Å². The molecule has 29 heavy (non-hydrogen) atoms. The summed E-state index contributed by atoms with van der Waals surface area (Å²) >= 11 is 13.9. The Kier molecular flexibility index (Phi) is 6.01. The lowest BCUT2D eigenvalue weighted by atomic mass is 10.1. The van der Waals surface area contributed by atoms with Crippen LogP contribution in [0.15, 0.2) is 71.8 Å². The molecule has 0 bridgehead atoms. The molecule has 0 spiro atoms. The van der Waals surface area contributed by atoms with Crippen molar-refractivity contribution in [2.24, 2.45) is 0 Å². The smallest absolute Gasteiger partial charge is 0.124 e. The summed E-state index contributed by atoms with van der Waals surface area (Å²) in [4.78, 5) is 1.05. The number of rotatable bonds is 6. The van der Waals surface area contributed by atoms with Crippen LogP contribution < -0.4 is 10.6 Å². The fourth-order valence-corrected chi connectivity index (χ4v) is 4.58. The molecule has 7 heteroatoms. The molecule has 1 aromatic heterocycles. The van der Waals surface area contributed by atoms with E-state index in [9.17, 15) is 4.39 Å². The number of aromatic nitrogens is 1.